The summed E-state index contributed by atoms with van der Waals surface area (Å²) in [6, 6.07) is 18.8. The van der Waals surface area contributed by atoms with E-state index in [9.17, 15) is 9.59 Å². The minimum absolute atomic E-state index is 0.0679. The van der Waals surface area contributed by atoms with Gasteiger partial charge in [-0.15, -0.1) is 0 Å². The molecule has 23 heavy (non-hydrogen) atoms. The summed E-state index contributed by atoms with van der Waals surface area (Å²) in [6.07, 6.45) is 0.449. The van der Waals surface area contributed by atoms with Crippen LogP contribution in [0.3, 0.4) is 0 Å². The lowest BCUT2D eigenvalue weighted by atomic mass is 9.83. The van der Waals surface area contributed by atoms with E-state index in [0.717, 1.165) is 5.56 Å². The molecule has 0 fully saturated rings. The van der Waals surface area contributed by atoms with Crippen LogP contribution in [0.2, 0.25) is 0 Å². The number of carbonyl (C=O) groups excluding carboxylic acids is 2. The van der Waals surface area contributed by atoms with Crippen molar-refractivity contribution in [1.29, 1.82) is 0 Å². The summed E-state index contributed by atoms with van der Waals surface area (Å²) in [5.41, 5.74) is 2.28. The second kappa shape index (κ2) is 5.51. The summed E-state index contributed by atoms with van der Waals surface area (Å²) in [5, 5.41) is 0. The van der Waals surface area contributed by atoms with Crippen LogP contribution in [0.5, 0.6) is 0 Å². The van der Waals surface area contributed by atoms with E-state index in [4.69, 9.17) is 4.74 Å². The van der Waals surface area contributed by atoms with E-state index in [0.29, 0.717) is 29.7 Å². The highest BCUT2D eigenvalue weighted by Gasteiger charge is 2.46. The Morgan fingerprint density at radius 3 is 2.26 bits per heavy atom. The molecule has 0 radical (unpaired) electrons. The molecule has 1 aliphatic heterocycles. The zero-order chi connectivity index (χ0) is 15.8. The molecular weight excluding hydrogens is 288 g/mol. The summed E-state index contributed by atoms with van der Waals surface area (Å²) < 4.78 is 5.95. The van der Waals surface area contributed by atoms with Crippen LogP contribution in [0.25, 0.3) is 0 Å². The molecule has 0 unspecified atom stereocenters. The fourth-order valence-electron chi connectivity index (χ4n) is 3.47. The van der Waals surface area contributed by atoms with Gasteiger partial charge < -0.3 is 4.74 Å². The van der Waals surface area contributed by atoms with E-state index in [-0.39, 0.29) is 17.5 Å². The zero-order valence-electron chi connectivity index (χ0n) is 12.6. The molecule has 3 nitrogen and oxygen atoms in total. The number of ketones is 2. The number of carbonyl (C=O) groups is 2. The molecular formula is C20H16O3. The lowest BCUT2D eigenvalue weighted by Gasteiger charge is -2.21. The van der Waals surface area contributed by atoms with E-state index in [1.807, 2.05) is 48.5 Å². The molecule has 4 rings (SSSR count). The third kappa shape index (κ3) is 2.29. The number of rotatable bonds is 3. The summed E-state index contributed by atoms with van der Waals surface area (Å²) in [6.45, 7) is 0. The van der Waals surface area contributed by atoms with Crippen LogP contribution in [-0.4, -0.2) is 17.7 Å². The summed E-state index contributed by atoms with van der Waals surface area (Å²) in [7, 11) is 0. The molecule has 0 saturated heterocycles. The van der Waals surface area contributed by atoms with Crippen molar-refractivity contribution in [3.05, 3.63) is 83.1 Å². The SMILES string of the molecule is O=C1CCC2=C1[C@@H](c1ccccc1)[C@H](C(=O)c1ccccc1)O2. The smallest absolute Gasteiger partial charge is 0.204 e. The van der Waals surface area contributed by atoms with Crippen molar-refractivity contribution < 1.29 is 14.3 Å². The normalized spacial score (nSPS) is 22.9. The zero-order valence-corrected chi connectivity index (χ0v) is 12.6. The molecule has 0 N–H and O–H groups in total. The Labute approximate surface area is 134 Å². The quantitative estimate of drug-likeness (QED) is 0.813. The molecule has 3 heteroatoms. The van der Waals surface area contributed by atoms with Crippen molar-refractivity contribution in [3.8, 4) is 0 Å². The Hall–Kier alpha value is -2.68. The molecule has 2 aromatic rings. The first-order valence-corrected chi connectivity index (χ1v) is 7.83. The molecule has 114 valence electrons. The van der Waals surface area contributed by atoms with Gasteiger partial charge in [0.25, 0.3) is 0 Å². The number of hydrogen-bond donors (Lipinski definition) is 0. The van der Waals surface area contributed by atoms with Gasteiger partial charge in [0.15, 0.2) is 11.9 Å². The molecule has 1 aliphatic carbocycles. The van der Waals surface area contributed by atoms with Gasteiger partial charge >= 0.3 is 0 Å². The van der Waals surface area contributed by atoms with Crippen LogP contribution in [0.15, 0.2) is 72.0 Å². The maximum atomic E-state index is 12.9. The number of hydrogen-bond acceptors (Lipinski definition) is 3. The predicted molar refractivity (Wildman–Crippen MR) is 86.1 cm³/mol. The standard InChI is InChI=1S/C20H16O3/c21-15-11-12-16-18(15)17(13-7-3-1-4-8-13)20(23-16)19(22)14-9-5-2-6-10-14/h1-10,17,20H,11-12H2/t17-,20-/m1/s1. The average molecular weight is 304 g/mol. The number of allylic oxidation sites excluding steroid dienone is 1. The molecule has 1 heterocycles. The highest BCUT2D eigenvalue weighted by atomic mass is 16.5. The van der Waals surface area contributed by atoms with Gasteiger partial charge in [0.1, 0.15) is 5.76 Å². The highest BCUT2D eigenvalue weighted by molar-refractivity contribution is 6.06. The third-order valence-electron chi connectivity index (χ3n) is 4.54. The largest absolute Gasteiger partial charge is 0.485 e. The maximum Gasteiger partial charge on any atom is 0.204 e. The summed E-state index contributed by atoms with van der Waals surface area (Å²) >= 11 is 0. The first-order chi connectivity index (χ1) is 11.3. The minimum Gasteiger partial charge on any atom is -0.485 e. The van der Waals surface area contributed by atoms with E-state index in [2.05, 4.69) is 0 Å². The van der Waals surface area contributed by atoms with E-state index in [1.54, 1.807) is 12.1 Å². The molecule has 0 aromatic heterocycles. The fraction of sp³-hybridized carbons (Fsp3) is 0.200. The Balaban J connectivity index is 1.76. The van der Waals surface area contributed by atoms with Gasteiger partial charge in [-0.1, -0.05) is 60.7 Å². The molecule has 0 amide bonds. The third-order valence-corrected chi connectivity index (χ3v) is 4.54. The average Bonchev–Trinajstić information content (AvgIpc) is 3.16. The van der Waals surface area contributed by atoms with Gasteiger partial charge in [0.05, 0.1) is 5.92 Å². The lowest BCUT2D eigenvalue weighted by Crippen LogP contribution is -2.29. The minimum atomic E-state index is -0.644. The second-order valence-electron chi connectivity index (χ2n) is 5.92. The van der Waals surface area contributed by atoms with Crippen molar-refractivity contribution in [2.75, 3.05) is 0 Å². The number of ether oxygens (including phenoxy) is 1. The Kier molecular flexibility index (Phi) is 3.34. The van der Waals surface area contributed by atoms with Crippen LogP contribution < -0.4 is 0 Å². The first-order valence-electron chi connectivity index (χ1n) is 7.83. The van der Waals surface area contributed by atoms with E-state index < -0.39 is 6.10 Å². The molecule has 2 atom stereocenters. The Bertz CT molecular complexity index is 790. The van der Waals surface area contributed by atoms with Crippen molar-refractivity contribution in [1.82, 2.24) is 0 Å². The van der Waals surface area contributed by atoms with Gasteiger partial charge in [0, 0.05) is 24.0 Å². The summed E-state index contributed by atoms with van der Waals surface area (Å²) in [5.74, 6) is 0.450. The molecule has 2 aliphatic rings. The van der Waals surface area contributed by atoms with Crippen LogP contribution in [0.1, 0.15) is 34.7 Å². The predicted octanol–water partition coefficient (Wildman–Crippen LogP) is 3.67. The fourth-order valence-corrected chi connectivity index (χ4v) is 3.47. The van der Waals surface area contributed by atoms with E-state index >= 15 is 0 Å². The molecule has 2 aromatic carbocycles. The van der Waals surface area contributed by atoms with Gasteiger partial charge in [-0.25, -0.2) is 0 Å². The van der Waals surface area contributed by atoms with Crippen LogP contribution in [-0.2, 0) is 9.53 Å². The van der Waals surface area contributed by atoms with Gasteiger partial charge in [0.2, 0.25) is 5.78 Å². The summed E-state index contributed by atoms with van der Waals surface area (Å²) in [4.78, 5) is 25.2. The van der Waals surface area contributed by atoms with Gasteiger partial charge in [-0.2, -0.15) is 0 Å². The molecule has 0 spiro atoms. The highest BCUT2D eigenvalue weighted by Crippen LogP contribution is 2.45. The van der Waals surface area contributed by atoms with Gasteiger partial charge in [-0.3, -0.25) is 9.59 Å². The maximum absolute atomic E-state index is 12.9. The lowest BCUT2D eigenvalue weighted by molar-refractivity contribution is -0.115. The van der Waals surface area contributed by atoms with Crippen LogP contribution >= 0.6 is 0 Å². The van der Waals surface area contributed by atoms with Crippen molar-refractivity contribution >= 4 is 11.6 Å². The van der Waals surface area contributed by atoms with Crippen molar-refractivity contribution in [2.24, 2.45) is 0 Å². The van der Waals surface area contributed by atoms with E-state index in [1.165, 1.54) is 0 Å². The number of benzene rings is 2. The van der Waals surface area contributed by atoms with Crippen molar-refractivity contribution in [3.63, 3.8) is 0 Å². The number of Topliss-reactive ketones (excluding diaryl/α,β-unsaturated/α-hetero) is 2. The second-order valence-corrected chi connectivity index (χ2v) is 5.92. The van der Waals surface area contributed by atoms with Crippen molar-refractivity contribution in [2.45, 2.75) is 24.9 Å². The van der Waals surface area contributed by atoms with Crippen LogP contribution in [0, 0.1) is 0 Å². The topological polar surface area (TPSA) is 43.4 Å². The molecule has 0 saturated carbocycles. The first kappa shape index (κ1) is 13.9. The van der Waals surface area contributed by atoms with Crippen LogP contribution in [0.4, 0.5) is 0 Å². The molecule has 0 bridgehead atoms. The Morgan fingerprint density at radius 2 is 1.57 bits per heavy atom. The van der Waals surface area contributed by atoms with Gasteiger partial charge in [-0.05, 0) is 5.56 Å². The Morgan fingerprint density at radius 1 is 0.913 bits per heavy atom. The monoisotopic (exact) mass is 304 g/mol.